The van der Waals surface area contributed by atoms with E-state index >= 15 is 0 Å². The van der Waals surface area contributed by atoms with E-state index < -0.39 is 6.10 Å². The van der Waals surface area contributed by atoms with E-state index in [0.717, 1.165) is 10.5 Å². The van der Waals surface area contributed by atoms with Gasteiger partial charge < -0.3 is 9.84 Å². The van der Waals surface area contributed by atoms with Crippen molar-refractivity contribution in [3.63, 3.8) is 0 Å². The van der Waals surface area contributed by atoms with E-state index in [2.05, 4.69) is 0 Å². The molecule has 0 bridgehead atoms. The monoisotopic (exact) mass is 274 g/mol. The van der Waals surface area contributed by atoms with Crippen molar-refractivity contribution in [1.82, 2.24) is 0 Å². The largest absolute Gasteiger partial charge is 0.465 e. The summed E-state index contributed by atoms with van der Waals surface area (Å²) < 4.78 is 4.82. The average Bonchev–Trinajstić information content (AvgIpc) is 2.27. The number of esters is 1. The molecule has 1 atom stereocenters. The first-order valence-electron chi connectivity index (χ1n) is 5.30. The molecule has 0 aliphatic heterocycles. The third-order valence-electron chi connectivity index (χ3n) is 2.09. The van der Waals surface area contributed by atoms with Gasteiger partial charge in [0.1, 0.15) is 0 Å². The van der Waals surface area contributed by atoms with Crippen LogP contribution in [0, 0.1) is 0 Å². The number of hydrogen-bond donors (Lipinski definition) is 1. The van der Waals surface area contributed by atoms with E-state index in [-0.39, 0.29) is 11.7 Å². The van der Waals surface area contributed by atoms with Gasteiger partial charge >= 0.3 is 5.97 Å². The van der Waals surface area contributed by atoms with Crippen LogP contribution in [0.1, 0.15) is 25.5 Å². The van der Waals surface area contributed by atoms with E-state index in [1.807, 2.05) is 0 Å². The first-order chi connectivity index (χ1) is 8.04. The maximum absolute atomic E-state index is 11.2. The minimum absolute atomic E-state index is 0.238. The number of hydrogen-bond acceptors (Lipinski definition) is 4. The molecule has 0 aliphatic carbocycles. The van der Waals surface area contributed by atoms with Crippen molar-refractivity contribution in [3.8, 4) is 0 Å². The molecule has 17 heavy (non-hydrogen) atoms. The quantitative estimate of drug-likeness (QED) is 0.662. The van der Waals surface area contributed by atoms with Gasteiger partial charge in [0.05, 0.1) is 23.5 Å². The number of carbonyl (C=O) groups is 1. The second kappa shape index (κ2) is 6.89. The molecule has 0 amide bonds. The van der Waals surface area contributed by atoms with Gasteiger partial charge in [0, 0.05) is 4.90 Å². The smallest absolute Gasteiger partial charge is 0.316 e. The lowest BCUT2D eigenvalue weighted by Crippen LogP contribution is -2.06. The number of rotatable bonds is 5. The summed E-state index contributed by atoms with van der Waals surface area (Å²) in [4.78, 5) is 12.0. The predicted octanol–water partition coefficient (Wildman–Crippen LogP) is 3.05. The molecule has 3 nitrogen and oxygen atoms in total. The molecule has 1 N–H and O–H groups in total. The summed E-state index contributed by atoms with van der Waals surface area (Å²) in [6, 6.07) is 5.30. The maximum atomic E-state index is 11.2. The summed E-state index contributed by atoms with van der Waals surface area (Å²) >= 11 is 7.38. The Morgan fingerprint density at radius 2 is 2.29 bits per heavy atom. The van der Waals surface area contributed by atoms with E-state index in [1.165, 1.54) is 11.8 Å². The van der Waals surface area contributed by atoms with Crippen molar-refractivity contribution in [2.75, 3.05) is 12.4 Å². The fraction of sp³-hybridized carbons (Fsp3) is 0.417. The number of halogens is 1. The molecule has 1 aromatic carbocycles. The Morgan fingerprint density at radius 3 is 2.82 bits per heavy atom. The SMILES string of the molecule is CCOC(=O)CSc1ccc([C@@H](C)O)cc1Cl. The van der Waals surface area contributed by atoms with Crippen LogP contribution in [0.5, 0.6) is 0 Å². The Morgan fingerprint density at radius 1 is 1.59 bits per heavy atom. The van der Waals surface area contributed by atoms with E-state index in [4.69, 9.17) is 16.3 Å². The average molecular weight is 275 g/mol. The predicted molar refractivity (Wildman–Crippen MR) is 69.4 cm³/mol. The number of aliphatic hydroxyl groups is 1. The van der Waals surface area contributed by atoms with Gasteiger partial charge in [0.25, 0.3) is 0 Å². The zero-order chi connectivity index (χ0) is 12.8. The first-order valence-corrected chi connectivity index (χ1v) is 6.67. The van der Waals surface area contributed by atoms with E-state index in [9.17, 15) is 9.90 Å². The van der Waals surface area contributed by atoms with Crippen LogP contribution in [0.4, 0.5) is 0 Å². The molecule has 0 fully saturated rings. The molecule has 5 heteroatoms. The molecular weight excluding hydrogens is 260 g/mol. The highest BCUT2D eigenvalue weighted by atomic mass is 35.5. The van der Waals surface area contributed by atoms with Crippen LogP contribution in [0.2, 0.25) is 5.02 Å². The number of benzene rings is 1. The van der Waals surface area contributed by atoms with Gasteiger partial charge in [0.15, 0.2) is 0 Å². The van der Waals surface area contributed by atoms with Crippen LogP contribution in [0.25, 0.3) is 0 Å². The van der Waals surface area contributed by atoms with Crippen molar-refractivity contribution < 1.29 is 14.6 Å². The molecule has 1 aromatic rings. The van der Waals surface area contributed by atoms with Crippen LogP contribution in [-0.4, -0.2) is 23.4 Å². The maximum Gasteiger partial charge on any atom is 0.316 e. The van der Waals surface area contributed by atoms with Gasteiger partial charge in [-0.3, -0.25) is 4.79 Å². The molecule has 0 spiro atoms. The molecule has 0 saturated heterocycles. The Bertz CT molecular complexity index is 393. The van der Waals surface area contributed by atoms with Crippen molar-refractivity contribution in [2.45, 2.75) is 24.8 Å². The molecule has 0 radical (unpaired) electrons. The molecule has 0 heterocycles. The molecule has 0 unspecified atom stereocenters. The highest BCUT2D eigenvalue weighted by Gasteiger charge is 2.08. The molecule has 0 aromatic heterocycles. The zero-order valence-electron chi connectivity index (χ0n) is 9.77. The fourth-order valence-corrected chi connectivity index (χ4v) is 2.30. The standard InChI is InChI=1S/C12H15ClO3S/c1-3-16-12(15)7-17-11-5-4-9(8(2)14)6-10(11)13/h4-6,8,14H,3,7H2,1-2H3/t8-/m1/s1. The minimum Gasteiger partial charge on any atom is -0.465 e. The van der Waals surface area contributed by atoms with Gasteiger partial charge in [-0.1, -0.05) is 17.7 Å². The van der Waals surface area contributed by atoms with Gasteiger partial charge in [-0.25, -0.2) is 0 Å². The zero-order valence-corrected chi connectivity index (χ0v) is 11.3. The molecule has 0 aliphatic rings. The first kappa shape index (κ1) is 14.4. The van der Waals surface area contributed by atoms with Gasteiger partial charge in [0.2, 0.25) is 0 Å². The number of thioether (sulfide) groups is 1. The van der Waals surface area contributed by atoms with Crippen molar-refractivity contribution in [3.05, 3.63) is 28.8 Å². The number of aliphatic hydroxyl groups excluding tert-OH is 1. The Kier molecular flexibility index (Phi) is 5.82. The van der Waals surface area contributed by atoms with Crippen molar-refractivity contribution in [2.24, 2.45) is 0 Å². The summed E-state index contributed by atoms with van der Waals surface area (Å²) in [6.07, 6.45) is -0.545. The summed E-state index contributed by atoms with van der Waals surface area (Å²) in [7, 11) is 0. The molecule has 94 valence electrons. The van der Waals surface area contributed by atoms with Crippen LogP contribution < -0.4 is 0 Å². The Balaban J connectivity index is 2.63. The molecular formula is C12H15ClO3S. The summed E-state index contributed by atoms with van der Waals surface area (Å²) in [5.74, 6) is -0.0186. The number of ether oxygens (including phenoxy) is 1. The van der Waals surface area contributed by atoms with Gasteiger partial charge in [-0.05, 0) is 31.5 Å². The van der Waals surface area contributed by atoms with Crippen LogP contribution >= 0.6 is 23.4 Å². The summed E-state index contributed by atoms with van der Waals surface area (Å²) in [5, 5.41) is 9.93. The van der Waals surface area contributed by atoms with Gasteiger partial charge in [-0.2, -0.15) is 0 Å². The lowest BCUT2D eigenvalue weighted by Gasteiger charge is -2.08. The second-order valence-electron chi connectivity index (χ2n) is 3.46. The van der Waals surface area contributed by atoms with E-state index in [1.54, 1.807) is 32.0 Å². The highest BCUT2D eigenvalue weighted by Crippen LogP contribution is 2.29. The highest BCUT2D eigenvalue weighted by molar-refractivity contribution is 8.00. The fourth-order valence-electron chi connectivity index (χ4n) is 1.23. The Hall–Kier alpha value is -0.710. The minimum atomic E-state index is -0.545. The normalized spacial score (nSPS) is 12.2. The number of carbonyl (C=O) groups excluding carboxylic acids is 1. The van der Waals surface area contributed by atoms with Gasteiger partial charge in [-0.15, -0.1) is 11.8 Å². The summed E-state index contributed by atoms with van der Waals surface area (Å²) in [5.41, 5.74) is 0.760. The van der Waals surface area contributed by atoms with Crippen molar-refractivity contribution in [1.29, 1.82) is 0 Å². The third-order valence-corrected chi connectivity index (χ3v) is 3.56. The molecule has 0 saturated carbocycles. The van der Waals surface area contributed by atoms with Crippen LogP contribution in [0.3, 0.4) is 0 Å². The lowest BCUT2D eigenvalue weighted by atomic mass is 10.1. The topological polar surface area (TPSA) is 46.5 Å². The van der Waals surface area contributed by atoms with Crippen LogP contribution in [0.15, 0.2) is 23.1 Å². The summed E-state index contributed by atoms with van der Waals surface area (Å²) in [6.45, 7) is 3.83. The van der Waals surface area contributed by atoms with Crippen molar-refractivity contribution >= 4 is 29.3 Å². The van der Waals surface area contributed by atoms with E-state index in [0.29, 0.717) is 11.6 Å². The molecule has 1 rings (SSSR count). The third kappa shape index (κ3) is 4.58. The lowest BCUT2D eigenvalue weighted by molar-refractivity contribution is -0.139. The van der Waals surface area contributed by atoms with Crippen LogP contribution in [-0.2, 0) is 9.53 Å². The Labute approximate surface area is 110 Å². The second-order valence-corrected chi connectivity index (χ2v) is 4.88.